The lowest BCUT2D eigenvalue weighted by molar-refractivity contribution is 0.300. The van der Waals surface area contributed by atoms with Crippen LogP contribution in [0, 0.1) is 6.92 Å². The van der Waals surface area contributed by atoms with Gasteiger partial charge in [0.2, 0.25) is 0 Å². The summed E-state index contributed by atoms with van der Waals surface area (Å²) >= 11 is 0. The van der Waals surface area contributed by atoms with E-state index >= 15 is 0 Å². The van der Waals surface area contributed by atoms with Crippen molar-refractivity contribution in [1.29, 1.82) is 0 Å². The highest BCUT2D eigenvalue weighted by molar-refractivity contribution is 5.84. The molecule has 0 aliphatic carbocycles. The molecule has 2 nitrogen and oxygen atoms in total. The van der Waals surface area contributed by atoms with Crippen LogP contribution in [0.5, 0.6) is 0 Å². The van der Waals surface area contributed by atoms with E-state index in [-0.39, 0.29) is 6.61 Å². The van der Waals surface area contributed by atoms with Crippen LogP contribution < -0.4 is 0 Å². The second-order valence-corrected chi connectivity index (χ2v) is 3.76. The molecule has 1 N–H and O–H groups in total. The minimum atomic E-state index is 0.215. The molecule has 0 aliphatic heterocycles. The maximum absolute atomic E-state index is 8.95. The number of rotatable bonds is 2. The first-order valence-electron chi connectivity index (χ1n) is 4.88. The Bertz CT molecular complexity index is 457. The van der Waals surface area contributed by atoms with Gasteiger partial charge < -0.3 is 9.67 Å². The number of hydrogen-bond donors (Lipinski definition) is 1. The van der Waals surface area contributed by atoms with Gasteiger partial charge in [-0.25, -0.2) is 0 Å². The molecule has 0 unspecified atom stereocenters. The molecule has 0 amide bonds. The number of aliphatic hydroxyl groups excluding tert-OH is 1. The molecule has 1 aromatic carbocycles. The Morgan fingerprint density at radius 1 is 1.36 bits per heavy atom. The zero-order valence-electron chi connectivity index (χ0n) is 8.62. The summed E-state index contributed by atoms with van der Waals surface area (Å²) in [4.78, 5) is 0. The van der Waals surface area contributed by atoms with Crippen molar-refractivity contribution in [2.45, 2.75) is 13.3 Å². The van der Waals surface area contributed by atoms with E-state index in [0.29, 0.717) is 0 Å². The van der Waals surface area contributed by atoms with E-state index in [9.17, 15) is 0 Å². The van der Waals surface area contributed by atoms with Crippen LogP contribution in [0.1, 0.15) is 11.1 Å². The molecule has 0 aliphatic rings. The maximum atomic E-state index is 8.95. The van der Waals surface area contributed by atoms with Crippen molar-refractivity contribution < 1.29 is 5.11 Å². The minimum absolute atomic E-state index is 0.215. The maximum Gasteiger partial charge on any atom is 0.0480 e. The number of fused-ring (bicyclic) bond motifs is 1. The fourth-order valence-electron chi connectivity index (χ4n) is 1.91. The third-order valence-electron chi connectivity index (χ3n) is 2.61. The number of aryl methyl sites for hydroxylation is 2. The summed E-state index contributed by atoms with van der Waals surface area (Å²) in [5.41, 5.74) is 3.73. The van der Waals surface area contributed by atoms with Crippen LogP contribution in [0.4, 0.5) is 0 Å². The molecule has 1 aromatic heterocycles. The molecular formula is C12H15NO. The van der Waals surface area contributed by atoms with Crippen molar-refractivity contribution in [2.24, 2.45) is 7.05 Å². The number of hydrogen-bond acceptors (Lipinski definition) is 1. The second-order valence-electron chi connectivity index (χ2n) is 3.76. The summed E-state index contributed by atoms with van der Waals surface area (Å²) < 4.78 is 2.11. The third-order valence-corrected chi connectivity index (χ3v) is 2.61. The third kappa shape index (κ3) is 1.42. The highest BCUT2D eigenvalue weighted by atomic mass is 16.2. The first-order chi connectivity index (χ1) is 6.72. The van der Waals surface area contributed by atoms with Crippen LogP contribution in [0.3, 0.4) is 0 Å². The summed E-state index contributed by atoms with van der Waals surface area (Å²) in [7, 11) is 2.04. The summed E-state index contributed by atoms with van der Waals surface area (Å²) in [5, 5.41) is 10.2. The van der Waals surface area contributed by atoms with E-state index in [0.717, 1.165) is 6.42 Å². The summed E-state index contributed by atoms with van der Waals surface area (Å²) in [6.45, 7) is 2.31. The van der Waals surface area contributed by atoms with Crippen LogP contribution in [0.2, 0.25) is 0 Å². The zero-order chi connectivity index (χ0) is 10.1. The molecule has 0 radical (unpaired) electrons. The van der Waals surface area contributed by atoms with Crippen molar-refractivity contribution in [2.75, 3.05) is 6.61 Å². The molecule has 0 saturated carbocycles. The average Bonchev–Trinajstić information content (AvgIpc) is 2.44. The number of nitrogens with zero attached hydrogens (tertiary/aromatic N) is 1. The molecule has 2 aromatic rings. The van der Waals surface area contributed by atoms with Gasteiger partial charge in [-0.05, 0) is 31.0 Å². The first kappa shape index (κ1) is 9.28. The molecule has 2 heteroatoms. The molecule has 1 heterocycles. The quantitative estimate of drug-likeness (QED) is 0.768. The topological polar surface area (TPSA) is 25.2 Å². The van der Waals surface area contributed by atoms with Gasteiger partial charge in [0.15, 0.2) is 0 Å². The Morgan fingerprint density at radius 3 is 2.86 bits per heavy atom. The van der Waals surface area contributed by atoms with E-state index in [2.05, 4.69) is 35.9 Å². The van der Waals surface area contributed by atoms with E-state index in [1.54, 1.807) is 0 Å². The smallest absolute Gasteiger partial charge is 0.0480 e. The summed E-state index contributed by atoms with van der Waals surface area (Å²) in [5.74, 6) is 0. The van der Waals surface area contributed by atoms with Crippen molar-refractivity contribution >= 4 is 10.9 Å². The molecule has 2 rings (SSSR count). The normalized spacial score (nSPS) is 11.1. The lowest BCUT2D eigenvalue weighted by Gasteiger charge is -1.97. The highest BCUT2D eigenvalue weighted by Gasteiger charge is 2.05. The van der Waals surface area contributed by atoms with E-state index in [1.807, 2.05) is 7.05 Å². The highest BCUT2D eigenvalue weighted by Crippen LogP contribution is 2.22. The molecule has 74 valence electrons. The molecule has 0 bridgehead atoms. The van der Waals surface area contributed by atoms with Crippen molar-refractivity contribution in [3.8, 4) is 0 Å². The number of aromatic nitrogens is 1. The van der Waals surface area contributed by atoms with Gasteiger partial charge in [0.25, 0.3) is 0 Å². The lowest BCUT2D eigenvalue weighted by Crippen LogP contribution is -1.88. The van der Waals surface area contributed by atoms with Gasteiger partial charge in [-0.15, -0.1) is 0 Å². The number of aliphatic hydroxyl groups is 1. The SMILES string of the molecule is Cc1ccc2c(c1)c(CCO)cn2C. The van der Waals surface area contributed by atoms with Gasteiger partial charge in [-0.2, -0.15) is 0 Å². The van der Waals surface area contributed by atoms with Gasteiger partial charge in [-0.3, -0.25) is 0 Å². The van der Waals surface area contributed by atoms with E-state index < -0.39 is 0 Å². The molecule has 0 saturated heterocycles. The van der Waals surface area contributed by atoms with E-state index in [1.165, 1.54) is 22.0 Å². The average molecular weight is 189 g/mol. The Labute approximate surface area is 83.8 Å². The van der Waals surface area contributed by atoms with Gasteiger partial charge >= 0.3 is 0 Å². The second kappa shape index (κ2) is 3.46. The van der Waals surface area contributed by atoms with Crippen LogP contribution in [0.25, 0.3) is 10.9 Å². The van der Waals surface area contributed by atoms with Gasteiger partial charge in [0.05, 0.1) is 0 Å². The molecule has 0 fully saturated rings. The van der Waals surface area contributed by atoms with Crippen LogP contribution in [-0.4, -0.2) is 16.3 Å². The van der Waals surface area contributed by atoms with Gasteiger partial charge in [0.1, 0.15) is 0 Å². The fraction of sp³-hybridized carbons (Fsp3) is 0.333. The Hall–Kier alpha value is -1.28. The van der Waals surface area contributed by atoms with Crippen LogP contribution >= 0.6 is 0 Å². The first-order valence-corrected chi connectivity index (χ1v) is 4.88. The predicted molar refractivity (Wildman–Crippen MR) is 58.4 cm³/mol. The van der Waals surface area contributed by atoms with Crippen molar-refractivity contribution in [1.82, 2.24) is 4.57 Å². The Morgan fingerprint density at radius 2 is 2.14 bits per heavy atom. The van der Waals surface area contributed by atoms with Crippen LogP contribution in [-0.2, 0) is 13.5 Å². The fourth-order valence-corrected chi connectivity index (χ4v) is 1.91. The molecule has 0 atom stereocenters. The van der Waals surface area contributed by atoms with Crippen molar-refractivity contribution in [3.63, 3.8) is 0 Å². The summed E-state index contributed by atoms with van der Waals surface area (Å²) in [6.07, 6.45) is 2.83. The Kier molecular flexibility index (Phi) is 2.30. The zero-order valence-corrected chi connectivity index (χ0v) is 8.62. The Balaban J connectivity index is 2.66. The largest absolute Gasteiger partial charge is 0.396 e. The van der Waals surface area contributed by atoms with Crippen LogP contribution in [0.15, 0.2) is 24.4 Å². The predicted octanol–water partition coefficient (Wildman–Crippen LogP) is 2.02. The monoisotopic (exact) mass is 189 g/mol. The minimum Gasteiger partial charge on any atom is -0.396 e. The standard InChI is InChI=1S/C12H15NO/c1-9-3-4-12-11(7-9)10(5-6-14)8-13(12)2/h3-4,7-8,14H,5-6H2,1-2H3. The van der Waals surface area contributed by atoms with E-state index in [4.69, 9.17) is 5.11 Å². The van der Waals surface area contributed by atoms with Crippen molar-refractivity contribution in [3.05, 3.63) is 35.5 Å². The summed E-state index contributed by atoms with van der Waals surface area (Å²) in [6, 6.07) is 6.43. The number of benzene rings is 1. The van der Waals surface area contributed by atoms with Gasteiger partial charge in [0, 0.05) is 30.8 Å². The molecule has 0 spiro atoms. The molecular weight excluding hydrogens is 174 g/mol. The van der Waals surface area contributed by atoms with Gasteiger partial charge in [-0.1, -0.05) is 11.6 Å². The lowest BCUT2D eigenvalue weighted by atomic mass is 10.1. The molecule has 14 heavy (non-hydrogen) atoms.